The summed E-state index contributed by atoms with van der Waals surface area (Å²) in [6.07, 6.45) is 2.79. The average molecular weight is 267 g/mol. The number of hydrogen-bond acceptors (Lipinski definition) is 3. The molecular formula is C13H8F3NO2. The zero-order valence-corrected chi connectivity index (χ0v) is 9.57. The maximum absolute atomic E-state index is 13.5. The number of alkyl halides is 1. The molecule has 0 fully saturated rings. The van der Waals surface area contributed by atoms with Crippen LogP contribution >= 0.6 is 0 Å². The van der Waals surface area contributed by atoms with Gasteiger partial charge in [-0.3, -0.25) is 9.78 Å². The smallest absolute Gasteiger partial charge is 0.198 e. The Hall–Kier alpha value is -2.37. The quantitative estimate of drug-likeness (QED) is 0.796. The standard InChI is InChI=1S/C13H8F3NO2/c14-4-9-1-10(6-17-5-9)19-13-11(15)2-8(7-18)3-12(13)16/h1-3,5-7H,4H2. The Labute approximate surface area is 106 Å². The molecule has 98 valence electrons. The van der Waals surface area contributed by atoms with Crippen LogP contribution in [0.2, 0.25) is 0 Å². The molecule has 1 aromatic carbocycles. The highest BCUT2D eigenvalue weighted by Crippen LogP contribution is 2.28. The van der Waals surface area contributed by atoms with Crippen LogP contribution < -0.4 is 4.74 Å². The van der Waals surface area contributed by atoms with Crippen LogP contribution in [0.3, 0.4) is 0 Å². The van der Waals surface area contributed by atoms with Gasteiger partial charge in [0.05, 0.1) is 6.20 Å². The monoisotopic (exact) mass is 267 g/mol. The second-order valence-electron chi connectivity index (χ2n) is 3.70. The van der Waals surface area contributed by atoms with Crippen molar-refractivity contribution in [1.82, 2.24) is 4.98 Å². The third-order valence-corrected chi connectivity index (χ3v) is 2.30. The number of nitrogens with zero attached hydrogens (tertiary/aromatic N) is 1. The predicted molar refractivity (Wildman–Crippen MR) is 60.9 cm³/mol. The lowest BCUT2D eigenvalue weighted by atomic mass is 10.2. The van der Waals surface area contributed by atoms with Crippen molar-refractivity contribution in [2.75, 3.05) is 0 Å². The predicted octanol–water partition coefficient (Wildman–Crippen LogP) is 3.43. The molecule has 0 aliphatic carbocycles. The van der Waals surface area contributed by atoms with E-state index in [0.717, 1.165) is 12.1 Å². The molecule has 0 N–H and O–H groups in total. The van der Waals surface area contributed by atoms with Crippen molar-refractivity contribution >= 4 is 6.29 Å². The zero-order chi connectivity index (χ0) is 13.8. The molecule has 2 rings (SSSR count). The molecular weight excluding hydrogens is 259 g/mol. The number of carbonyl (C=O) groups excluding carboxylic acids is 1. The van der Waals surface area contributed by atoms with Crippen molar-refractivity contribution in [3.8, 4) is 11.5 Å². The van der Waals surface area contributed by atoms with Crippen LogP contribution in [-0.2, 0) is 6.67 Å². The second-order valence-corrected chi connectivity index (χ2v) is 3.70. The van der Waals surface area contributed by atoms with E-state index in [1.165, 1.54) is 18.5 Å². The number of ether oxygens (including phenoxy) is 1. The molecule has 1 aromatic heterocycles. The summed E-state index contributed by atoms with van der Waals surface area (Å²) in [4.78, 5) is 14.1. The normalized spacial score (nSPS) is 10.3. The second kappa shape index (κ2) is 5.51. The maximum Gasteiger partial charge on any atom is 0.198 e. The third-order valence-electron chi connectivity index (χ3n) is 2.30. The Bertz CT molecular complexity index is 594. The highest BCUT2D eigenvalue weighted by atomic mass is 19.1. The van der Waals surface area contributed by atoms with E-state index < -0.39 is 24.1 Å². The average Bonchev–Trinajstić information content (AvgIpc) is 2.42. The Balaban J connectivity index is 2.35. The molecule has 0 saturated heterocycles. The summed E-state index contributed by atoms with van der Waals surface area (Å²) in [7, 11) is 0. The lowest BCUT2D eigenvalue weighted by Crippen LogP contribution is -1.96. The van der Waals surface area contributed by atoms with Gasteiger partial charge in [0.1, 0.15) is 18.7 Å². The Morgan fingerprint density at radius 1 is 1.16 bits per heavy atom. The van der Waals surface area contributed by atoms with Crippen molar-refractivity contribution < 1.29 is 22.7 Å². The molecule has 0 unspecified atom stereocenters. The van der Waals surface area contributed by atoms with Gasteiger partial charge in [0, 0.05) is 17.3 Å². The molecule has 19 heavy (non-hydrogen) atoms. The highest BCUT2D eigenvalue weighted by molar-refractivity contribution is 5.75. The van der Waals surface area contributed by atoms with Gasteiger partial charge in [-0.15, -0.1) is 0 Å². The molecule has 0 aliphatic heterocycles. The number of carbonyl (C=O) groups is 1. The van der Waals surface area contributed by atoms with Crippen molar-refractivity contribution in [2.45, 2.75) is 6.67 Å². The van der Waals surface area contributed by atoms with Gasteiger partial charge in [0.2, 0.25) is 0 Å². The van der Waals surface area contributed by atoms with Crippen LogP contribution in [0.5, 0.6) is 11.5 Å². The van der Waals surface area contributed by atoms with E-state index in [0.29, 0.717) is 6.29 Å². The summed E-state index contributed by atoms with van der Waals surface area (Å²) >= 11 is 0. The van der Waals surface area contributed by atoms with Gasteiger partial charge in [-0.1, -0.05) is 0 Å². The molecule has 0 radical (unpaired) electrons. The van der Waals surface area contributed by atoms with Gasteiger partial charge in [0.25, 0.3) is 0 Å². The molecule has 0 aliphatic rings. The number of pyridine rings is 1. The molecule has 0 spiro atoms. The maximum atomic E-state index is 13.5. The van der Waals surface area contributed by atoms with Gasteiger partial charge in [-0.05, 0) is 18.2 Å². The molecule has 3 nitrogen and oxygen atoms in total. The van der Waals surface area contributed by atoms with Crippen LogP contribution in [0, 0.1) is 11.6 Å². The lowest BCUT2D eigenvalue weighted by molar-refractivity contribution is 0.112. The lowest BCUT2D eigenvalue weighted by Gasteiger charge is -2.08. The number of hydrogen-bond donors (Lipinski definition) is 0. The molecule has 6 heteroatoms. The van der Waals surface area contributed by atoms with E-state index in [-0.39, 0.29) is 16.9 Å². The van der Waals surface area contributed by atoms with Crippen LogP contribution in [0.15, 0.2) is 30.6 Å². The summed E-state index contributed by atoms with van der Waals surface area (Å²) < 4.78 is 44.5. The van der Waals surface area contributed by atoms with Crippen LogP contribution in [0.1, 0.15) is 15.9 Å². The summed E-state index contributed by atoms with van der Waals surface area (Å²) in [5.41, 5.74) is 0.0841. The molecule has 1 heterocycles. The van der Waals surface area contributed by atoms with Gasteiger partial charge in [-0.25, -0.2) is 13.2 Å². The molecule has 0 saturated carbocycles. The van der Waals surface area contributed by atoms with E-state index in [9.17, 15) is 18.0 Å². The molecule has 0 atom stereocenters. The third kappa shape index (κ3) is 2.90. The number of halogens is 3. The van der Waals surface area contributed by atoms with Crippen LogP contribution in [-0.4, -0.2) is 11.3 Å². The van der Waals surface area contributed by atoms with Gasteiger partial charge in [0.15, 0.2) is 17.4 Å². The first-order valence-corrected chi connectivity index (χ1v) is 5.26. The number of benzene rings is 1. The minimum Gasteiger partial charge on any atom is -0.450 e. The largest absolute Gasteiger partial charge is 0.450 e. The van der Waals surface area contributed by atoms with Crippen LogP contribution in [0.4, 0.5) is 13.2 Å². The first kappa shape index (κ1) is 13.1. The fourth-order valence-electron chi connectivity index (χ4n) is 1.46. The van der Waals surface area contributed by atoms with E-state index >= 15 is 0 Å². The fourth-order valence-corrected chi connectivity index (χ4v) is 1.46. The Morgan fingerprint density at radius 2 is 1.84 bits per heavy atom. The van der Waals surface area contributed by atoms with Gasteiger partial charge in [-0.2, -0.15) is 0 Å². The topological polar surface area (TPSA) is 39.2 Å². The SMILES string of the molecule is O=Cc1cc(F)c(Oc2cncc(CF)c2)c(F)c1. The number of aromatic nitrogens is 1. The molecule has 2 aromatic rings. The highest BCUT2D eigenvalue weighted by Gasteiger charge is 2.14. The summed E-state index contributed by atoms with van der Waals surface area (Å²) in [5, 5.41) is 0. The fraction of sp³-hybridized carbons (Fsp3) is 0.0769. The summed E-state index contributed by atoms with van der Waals surface area (Å²) in [6.45, 7) is -0.765. The molecule has 0 amide bonds. The van der Waals surface area contributed by atoms with Gasteiger partial charge < -0.3 is 4.74 Å². The summed E-state index contributed by atoms with van der Waals surface area (Å²) in [5.74, 6) is -2.70. The van der Waals surface area contributed by atoms with E-state index in [1.54, 1.807) is 0 Å². The molecule has 0 bridgehead atoms. The number of rotatable bonds is 4. The van der Waals surface area contributed by atoms with E-state index in [2.05, 4.69) is 4.98 Å². The van der Waals surface area contributed by atoms with E-state index in [1.807, 2.05) is 0 Å². The summed E-state index contributed by atoms with van der Waals surface area (Å²) in [6, 6.07) is 2.97. The Morgan fingerprint density at radius 3 is 2.42 bits per heavy atom. The van der Waals surface area contributed by atoms with Crippen LogP contribution in [0.25, 0.3) is 0 Å². The van der Waals surface area contributed by atoms with Gasteiger partial charge >= 0.3 is 0 Å². The van der Waals surface area contributed by atoms with E-state index in [4.69, 9.17) is 4.74 Å². The minimum atomic E-state index is -1.02. The Kier molecular flexibility index (Phi) is 3.79. The minimum absolute atomic E-state index is 0.00630. The number of aldehydes is 1. The first-order valence-electron chi connectivity index (χ1n) is 5.26. The van der Waals surface area contributed by atoms with Crippen molar-refractivity contribution in [3.63, 3.8) is 0 Å². The zero-order valence-electron chi connectivity index (χ0n) is 9.57. The van der Waals surface area contributed by atoms with Crippen molar-refractivity contribution in [2.24, 2.45) is 0 Å². The van der Waals surface area contributed by atoms with Crippen molar-refractivity contribution in [3.05, 3.63) is 53.4 Å². The first-order chi connectivity index (χ1) is 9.13. The van der Waals surface area contributed by atoms with Crippen molar-refractivity contribution in [1.29, 1.82) is 0 Å².